The average Bonchev–Trinajstić information content (AvgIpc) is 3.08. The first-order valence-electron chi connectivity index (χ1n) is 9.54. The highest BCUT2D eigenvalue weighted by Gasteiger charge is 2.19. The van der Waals surface area contributed by atoms with Crippen molar-refractivity contribution in [2.24, 2.45) is 0 Å². The molecule has 0 unspecified atom stereocenters. The summed E-state index contributed by atoms with van der Waals surface area (Å²) < 4.78 is 1.77. The minimum Gasteiger partial charge on any atom is -0.316 e. The van der Waals surface area contributed by atoms with Crippen molar-refractivity contribution in [1.82, 2.24) is 30.2 Å². The number of aromatic nitrogens is 4. The third-order valence-electron chi connectivity index (χ3n) is 4.87. The molecule has 3 N–H and O–H groups in total. The molecule has 1 aliphatic heterocycles. The van der Waals surface area contributed by atoms with Crippen LogP contribution >= 0.6 is 0 Å². The zero-order chi connectivity index (χ0) is 20.4. The maximum atomic E-state index is 12.4. The van der Waals surface area contributed by atoms with Gasteiger partial charge in [0.1, 0.15) is 5.69 Å². The van der Waals surface area contributed by atoms with Gasteiger partial charge in [-0.15, -0.1) is 0 Å². The molecule has 3 heterocycles. The van der Waals surface area contributed by atoms with Gasteiger partial charge < -0.3 is 10.3 Å². The Labute approximate surface area is 168 Å². The number of quaternary nitrogens is 1. The number of hydrazine groups is 1. The molecule has 4 rings (SSSR count). The van der Waals surface area contributed by atoms with Crippen LogP contribution in [0.25, 0.3) is 17.1 Å². The molecule has 0 fully saturated rings. The molecule has 0 amide bonds. The maximum Gasteiger partial charge on any atom is 0.203 e. The third kappa shape index (κ3) is 4.08. The number of hydrogen-bond acceptors (Lipinski definition) is 6. The highest BCUT2D eigenvalue weighted by atomic mass is 16.1. The quantitative estimate of drug-likeness (QED) is 0.668. The van der Waals surface area contributed by atoms with Crippen molar-refractivity contribution < 1.29 is 5.32 Å². The van der Waals surface area contributed by atoms with Crippen LogP contribution in [0.5, 0.6) is 0 Å². The summed E-state index contributed by atoms with van der Waals surface area (Å²) in [6.07, 6.45) is 7.73. The van der Waals surface area contributed by atoms with Gasteiger partial charge in [0.2, 0.25) is 5.43 Å². The molecule has 0 saturated heterocycles. The van der Waals surface area contributed by atoms with Gasteiger partial charge in [-0.1, -0.05) is 18.2 Å². The van der Waals surface area contributed by atoms with Crippen LogP contribution in [0.15, 0.2) is 59.9 Å². The highest BCUT2D eigenvalue weighted by Crippen LogP contribution is 2.18. The number of nitrogens with one attached hydrogen (secondary N) is 1. The summed E-state index contributed by atoms with van der Waals surface area (Å²) in [6, 6.07) is 9.61. The Bertz CT molecular complexity index is 1100. The van der Waals surface area contributed by atoms with E-state index in [1.165, 1.54) is 0 Å². The second kappa shape index (κ2) is 7.94. The Morgan fingerprint density at radius 2 is 2.00 bits per heavy atom. The molecule has 1 aliphatic rings. The van der Waals surface area contributed by atoms with Crippen molar-refractivity contribution in [3.63, 3.8) is 0 Å². The first-order valence-corrected chi connectivity index (χ1v) is 9.54. The Morgan fingerprint density at radius 3 is 2.69 bits per heavy atom. The SMILES string of the molecule is C[NH2+]c1cnc(-c2cccc(Cc3nn(C4=CN(C)N[C@@H]4C)ccc3=O)c2)nc1. The fraction of sp³-hybridized carbons (Fsp3) is 0.238. The number of benzene rings is 1. The lowest BCUT2D eigenvalue weighted by Crippen LogP contribution is -2.72. The smallest absolute Gasteiger partial charge is 0.203 e. The molecule has 0 aliphatic carbocycles. The van der Waals surface area contributed by atoms with Gasteiger partial charge in [-0.2, -0.15) is 5.10 Å². The van der Waals surface area contributed by atoms with Crippen molar-refractivity contribution in [3.8, 4) is 11.4 Å². The van der Waals surface area contributed by atoms with Crippen molar-refractivity contribution in [1.29, 1.82) is 0 Å². The van der Waals surface area contributed by atoms with E-state index in [1.54, 1.807) is 29.3 Å². The minimum atomic E-state index is -0.0710. The number of nitrogens with zero attached hydrogens (tertiary/aromatic N) is 5. The van der Waals surface area contributed by atoms with E-state index in [4.69, 9.17) is 0 Å². The van der Waals surface area contributed by atoms with Gasteiger partial charge in [-0.25, -0.2) is 20.1 Å². The first kappa shape index (κ1) is 19.0. The highest BCUT2D eigenvalue weighted by molar-refractivity contribution is 5.56. The van der Waals surface area contributed by atoms with Crippen molar-refractivity contribution >= 4 is 11.4 Å². The zero-order valence-electron chi connectivity index (χ0n) is 16.7. The molecular weight excluding hydrogens is 366 g/mol. The van der Waals surface area contributed by atoms with Gasteiger partial charge in [-0.3, -0.25) is 4.79 Å². The Kier molecular flexibility index (Phi) is 5.20. The summed E-state index contributed by atoms with van der Waals surface area (Å²) in [6.45, 7) is 2.06. The molecule has 3 aromatic rings. The lowest BCUT2D eigenvalue weighted by atomic mass is 10.1. The summed E-state index contributed by atoms with van der Waals surface area (Å²) in [5.74, 6) is 0.662. The van der Waals surface area contributed by atoms with Gasteiger partial charge in [0.15, 0.2) is 11.5 Å². The van der Waals surface area contributed by atoms with Crippen LogP contribution in [-0.2, 0) is 6.42 Å². The Hall–Kier alpha value is -3.36. The molecule has 0 spiro atoms. The predicted molar refractivity (Wildman–Crippen MR) is 111 cm³/mol. The zero-order valence-corrected chi connectivity index (χ0v) is 16.7. The maximum absolute atomic E-state index is 12.4. The molecular formula is C21H24N7O+. The monoisotopic (exact) mass is 390 g/mol. The summed E-state index contributed by atoms with van der Waals surface area (Å²) >= 11 is 0. The molecule has 8 heteroatoms. The van der Waals surface area contributed by atoms with Crippen LogP contribution < -0.4 is 16.2 Å². The average molecular weight is 390 g/mol. The topological polar surface area (TPSA) is 92.5 Å². The number of hydrogen-bond donors (Lipinski definition) is 2. The fourth-order valence-corrected chi connectivity index (χ4v) is 3.34. The van der Waals surface area contributed by atoms with E-state index in [9.17, 15) is 4.79 Å². The summed E-state index contributed by atoms with van der Waals surface area (Å²) in [4.78, 5) is 21.3. The third-order valence-corrected chi connectivity index (χ3v) is 4.87. The molecule has 0 bridgehead atoms. The molecule has 2 aromatic heterocycles. The fourth-order valence-electron chi connectivity index (χ4n) is 3.34. The van der Waals surface area contributed by atoms with Crippen LogP contribution in [-0.4, -0.2) is 44.9 Å². The lowest BCUT2D eigenvalue weighted by molar-refractivity contribution is -0.539. The van der Waals surface area contributed by atoms with Crippen LogP contribution in [0.2, 0.25) is 0 Å². The van der Waals surface area contributed by atoms with E-state index in [2.05, 4.69) is 27.4 Å². The van der Waals surface area contributed by atoms with Gasteiger partial charge >= 0.3 is 0 Å². The summed E-state index contributed by atoms with van der Waals surface area (Å²) in [7, 11) is 3.89. The van der Waals surface area contributed by atoms with E-state index in [1.807, 2.05) is 54.9 Å². The minimum absolute atomic E-state index is 0.0710. The lowest BCUT2D eigenvalue weighted by Gasteiger charge is -2.13. The molecule has 0 radical (unpaired) electrons. The van der Waals surface area contributed by atoms with Crippen LogP contribution in [0.4, 0.5) is 5.69 Å². The van der Waals surface area contributed by atoms with Gasteiger partial charge in [0, 0.05) is 37.5 Å². The summed E-state index contributed by atoms with van der Waals surface area (Å²) in [5, 5.41) is 8.45. The second-order valence-corrected chi connectivity index (χ2v) is 7.09. The Morgan fingerprint density at radius 1 is 1.21 bits per heavy atom. The number of rotatable bonds is 5. The normalized spacial score (nSPS) is 16.2. The van der Waals surface area contributed by atoms with Gasteiger partial charge in [0.05, 0.1) is 31.2 Å². The van der Waals surface area contributed by atoms with Crippen molar-refractivity contribution in [3.05, 3.63) is 76.6 Å². The largest absolute Gasteiger partial charge is 0.316 e. The van der Waals surface area contributed by atoms with E-state index < -0.39 is 0 Å². The molecule has 1 atom stereocenters. The van der Waals surface area contributed by atoms with E-state index in [-0.39, 0.29) is 11.5 Å². The number of nitrogens with two attached hydrogens (primary N) is 1. The molecule has 8 nitrogen and oxygen atoms in total. The molecule has 29 heavy (non-hydrogen) atoms. The Balaban J connectivity index is 1.62. The summed E-state index contributed by atoms with van der Waals surface area (Å²) in [5.41, 5.74) is 7.58. The van der Waals surface area contributed by atoms with E-state index in [0.29, 0.717) is 17.9 Å². The van der Waals surface area contributed by atoms with E-state index in [0.717, 1.165) is 22.5 Å². The van der Waals surface area contributed by atoms with E-state index >= 15 is 0 Å². The van der Waals surface area contributed by atoms with Crippen LogP contribution in [0, 0.1) is 0 Å². The van der Waals surface area contributed by atoms with Gasteiger partial charge in [-0.05, 0) is 18.6 Å². The van der Waals surface area contributed by atoms with Gasteiger partial charge in [0.25, 0.3) is 0 Å². The predicted octanol–water partition coefficient (Wildman–Crippen LogP) is 0.753. The van der Waals surface area contributed by atoms with Crippen LogP contribution in [0.3, 0.4) is 0 Å². The standard InChI is InChI=1S/C21H23N7O/c1-14-19(13-27(3)25-14)28-8-7-20(29)18(26-28)10-15-5-4-6-16(9-15)21-23-11-17(22-2)12-24-21/h4-9,11-14,22,25H,10H2,1-3H3/p+1/t14-/m1/s1. The van der Waals surface area contributed by atoms with Crippen molar-refractivity contribution in [2.45, 2.75) is 19.4 Å². The van der Waals surface area contributed by atoms with Crippen LogP contribution in [0.1, 0.15) is 18.2 Å². The molecule has 148 valence electrons. The molecule has 1 aromatic carbocycles. The molecule has 0 saturated carbocycles. The van der Waals surface area contributed by atoms with Crippen molar-refractivity contribution in [2.75, 3.05) is 14.1 Å². The second-order valence-electron chi connectivity index (χ2n) is 7.09. The first-order chi connectivity index (χ1) is 14.0.